The van der Waals surface area contributed by atoms with Crippen molar-refractivity contribution >= 4 is 28.1 Å². The average Bonchev–Trinajstić information content (AvgIpc) is 2.79. The molecule has 0 heterocycles. The Kier molecular flexibility index (Phi) is 7.61. The van der Waals surface area contributed by atoms with Crippen LogP contribution in [0, 0.1) is 5.82 Å². The van der Waals surface area contributed by atoms with E-state index in [-0.39, 0.29) is 5.82 Å². The van der Waals surface area contributed by atoms with E-state index in [1.165, 1.54) is 32.6 Å². The molecule has 0 saturated carbocycles. The lowest BCUT2D eigenvalue weighted by molar-refractivity contribution is 0.0954. The number of hydrogen-bond donors (Lipinski definition) is 1. The van der Waals surface area contributed by atoms with Gasteiger partial charge in [0.05, 0.1) is 24.9 Å². The molecule has 1 amide bonds. The van der Waals surface area contributed by atoms with Gasteiger partial charge in [0.2, 0.25) is 0 Å². The van der Waals surface area contributed by atoms with Crippen LogP contribution in [0.15, 0.2) is 70.2 Å². The lowest BCUT2D eigenvalue weighted by Crippen LogP contribution is -2.17. The van der Waals surface area contributed by atoms with Crippen LogP contribution in [-0.4, -0.2) is 26.3 Å². The number of amides is 1. The summed E-state index contributed by atoms with van der Waals surface area (Å²) in [6.07, 6.45) is 1.52. The summed E-state index contributed by atoms with van der Waals surface area (Å²) in [5.41, 5.74) is 4.45. The molecule has 0 saturated heterocycles. The molecule has 0 spiro atoms. The van der Waals surface area contributed by atoms with Crippen molar-refractivity contribution in [1.29, 1.82) is 0 Å². The van der Waals surface area contributed by atoms with Crippen LogP contribution in [0.3, 0.4) is 0 Å². The molecule has 6 nitrogen and oxygen atoms in total. The SMILES string of the molecule is COc1cc(OC)cc(C(=O)N/N=C\c2ccc(OCc3ccc(F)cc3)c(Br)c2)c1. The van der Waals surface area contributed by atoms with E-state index in [9.17, 15) is 9.18 Å². The highest BCUT2D eigenvalue weighted by Crippen LogP contribution is 2.26. The zero-order valence-corrected chi connectivity index (χ0v) is 18.5. The summed E-state index contributed by atoms with van der Waals surface area (Å²) in [6, 6.07) is 16.4. The number of hydrogen-bond acceptors (Lipinski definition) is 5. The number of rotatable bonds is 8. The maximum atomic E-state index is 13.0. The summed E-state index contributed by atoms with van der Waals surface area (Å²) in [4.78, 5) is 12.3. The van der Waals surface area contributed by atoms with Gasteiger partial charge in [0.15, 0.2) is 0 Å². The monoisotopic (exact) mass is 486 g/mol. The molecule has 3 rings (SSSR count). The first-order valence-corrected chi connectivity index (χ1v) is 10.0. The Morgan fingerprint density at radius 2 is 1.71 bits per heavy atom. The van der Waals surface area contributed by atoms with Crippen molar-refractivity contribution in [3.63, 3.8) is 0 Å². The van der Waals surface area contributed by atoms with Gasteiger partial charge in [-0.05, 0) is 69.5 Å². The summed E-state index contributed by atoms with van der Waals surface area (Å²) in [5, 5.41) is 4.00. The third-order valence-electron chi connectivity index (χ3n) is 4.26. The number of ether oxygens (including phenoxy) is 3. The molecular weight excluding hydrogens is 467 g/mol. The van der Waals surface area contributed by atoms with Gasteiger partial charge < -0.3 is 14.2 Å². The number of methoxy groups -OCH3 is 2. The zero-order chi connectivity index (χ0) is 22.2. The van der Waals surface area contributed by atoms with E-state index >= 15 is 0 Å². The molecule has 0 unspecified atom stereocenters. The Morgan fingerprint density at radius 3 is 2.32 bits per heavy atom. The van der Waals surface area contributed by atoms with E-state index in [1.807, 2.05) is 6.07 Å². The predicted octanol–water partition coefficient (Wildman–Crippen LogP) is 4.95. The first-order chi connectivity index (χ1) is 15.0. The summed E-state index contributed by atoms with van der Waals surface area (Å²) in [7, 11) is 3.03. The largest absolute Gasteiger partial charge is 0.497 e. The van der Waals surface area contributed by atoms with E-state index in [0.717, 1.165) is 15.6 Å². The number of hydrazone groups is 1. The van der Waals surface area contributed by atoms with Gasteiger partial charge in [0, 0.05) is 11.6 Å². The number of benzene rings is 3. The van der Waals surface area contributed by atoms with Gasteiger partial charge in [-0.25, -0.2) is 9.82 Å². The Bertz CT molecular complexity index is 1070. The van der Waals surface area contributed by atoms with Crippen molar-refractivity contribution in [1.82, 2.24) is 5.43 Å². The topological polar surface area (TPSA) is 69.2 Å². The summed E-state index contributed by atoms with van der Waals surface area (Å²) in [5.74, 6) is 0.967. The number of nitrogens with one attached hydrogen (secondary N) is 1. The highest BCUT2D eigenvalue weighted by atomic mass is 79.9. The lowest BCUT2D eigenvalue weighted by Gasteiger charge is -2.09. The standard InChI is InChI=1S/C23H20BrFN2O4/c1-29-19-10-17(11-20(12-19)30-2)23(28)27-26-13-16-5-8-22(21(24)9-16)31-14-15-3-6-18(25)7-4-15/h3-13H,14H2,1-2H3,(H,27,28)/b26-13-. The molecule has 0 aliphatic carbocycles. The Labute approximate surface area is 187 Å². The van der Waals surface area contributed by atoms with Crippen molar-refractivity contribution in [2.75, 3.05) is 14.2 Å². The highest BCUT2D eigenvalue weighted by molar-refractivity contribution is 9.10. The summed E-state index contributed by atoms with van der Waals surface area (Å²) in [6.45, 7) is 0.312. The van der Waals surface area contributed by atoms with Crippen molar-refractivity contribution in [3.05, 3.63) is 87.6 Å². The van der Waals surface area contributed by atoms with Crippen LogP contribution in [-0.2, 0) is 6.61 Å². The minimum absolute atomic E-state index is 0.286. The van der Waals surface area contributed by atoms with Crippen molar-refractivity contribution in [2.45, 2.75) is 6.61 Å². The Hall–Kier alpha value is -3.39. The molecule has 1 N–H and O–H groups in total. The van der Waals surface area contributed by atoms with Crippen LogP contribution in [0.1, 0.15) is 21.5 Å². The molecule has 3 aromatic rings. The van der Waals surface area contributed by atoms with Crippen molar-refractivity contribution in [2.24, 2.45) is 5.10 Å². The molecule has 3 aromatic carbocycles. The molecule has 0 bridgehead atoms. The minimum Gasteiger partial charge on any atom is -0.497 e. The molecular formula is C23H20BrFN2O4. The average molecular weight is 487 g/mol. The molecule has 0 aliphatic heterocycles. The second kappa shape index (κ2) is 10.6. The molecule has 8 heteroatoms. The first kappa shape index (κ1) is 22.3. The number of nitrogens with zero attached hydrogens (tertiary/aromatic N) is 1. The van der Waals surface area contributed by atoms with Crippen molar-refractivity contribution in [3.8, 4) is 17.2 Å². The van der Waals surface area contributed by atoms with E-state index in [1.54, 1.807) is 42.5 Å². The van der Waals surface area contributed by atoms with Gasteiger partial charge in [0.25, 0.3) is 5.91 Å². The van der Waals surface area contributed by atoms with E-state index in [0.29, 0.717) is 29.4 Å². The van der Waals surface area contributed by atoms with E-state index in [2.05, 4.69) is 26.5 Å². The third-order valence-corrected chi connectivity index (χ3v) is 4.88. The fraction of sp³-hybridized carbons (Fsp3) is 0.130. The Balaban J connectivity index is 1.60. The number of carbonyl (C=O) groups excluding carboxylic acids is 1. The summed E-state index contributed by atoms with van der Waals surface area (Å²) < 4.78 is 29.8. The molecule has 0 aliphatic rings. The van der Waals surface area contributed by atoms with Gasteiger partial charge >= 0.3 is 0 Å². The minimum atomic E-state index is -0.397. The second-order valence-corrected chi connectivity index (χ2v) is 7.26. The normalized spacial score (nSPS) is 10.7. The molecule has 31 heavy (non-hydrogen) atoms. The lowest BCUT2D eigenvalue weighted by atomic mass is 10.2. The van der Waals surface area contributed by atoms with E-state index in [4.69, 9.17) is 14.2 Å². The number of halogens is 2. The second-order valence-electron chi connectivity index (χ2n) is 6.41. The molecule has 160 valence electrons. The van der Waals surface area contributed by atoms with Crippen LogP contribution in [0.25, 0.3) is 0 Å². The Morgan fingerprint density at radius 1 is 1.03 bits per heavy atom. The molecule has 0 atom stereocenters. The highest BCUT2D eigenvalue weighted by Gasteiger charge is 2.09. The zero-order valence-electron chi connectivity index (χ0n) is 16.9. The smallest absolute Gasteiger partial charge is 0.271 e. The van der Waals surface area contributed by atoms with Crippen LogP contribution in [0.4, 0.5) is 4.39 Å². The maximum absolute atomic E-state index is 13.0. The van der Waals surface area contributed by atoms with Gasteiger partial charge in [0.1, 0.15) is 29.7 Å². The van der Waals surface area contributed by atoms with E-state index < -0.39 is 5.91 Å². The van der Waals surface area contributed by atoms with Gasteiger partial charge in [-0.2, -0.15) is 5.10 Å². The fourth-order valence-corrected chi connectivity index (χ4v) is 3.14. The van der Waals surface area contributed by atoms with Gasteiger partial charge in [-0.1, -0.05) is 12.1 Å². The van der Waals surface area contributed by atoms with Crippen LogP contribution < -0.4 is 19.6 Å². The quantitative estimate of drug-likeness (QED) is 0.361. The number of carbonyl (C=O) groups is 1. The van der Waals surface area contributed by atoms with Crippen LogP contribution in [0.5, 0.6) is 17.2 Å². The van der Waals surface area contributed by atoms with Crippen molar-refractivity contribution < 1.29 is 23.4 Å². The third kappa shape index (κ3) is 6.29. The van der Waals surface area contributed by atoms with Crippen LogP contribution >= 0.6 is 15.9 Å². The van der Waals surface area contributed by atoms with Gasteiger partial charge in [-0.3, -0.25) is 4.79 Å². The predicted molar refractivity (Wildman–Crippen MR) is 119 cm³/mol. The van der Waals surface area contributed by atoms with Gasteiger partial charge in [-0.15, -0.1) is 0 Å². The van der Waals surface area contributed by atoms with Crippen LogP contribution in [0.2, 0.25) is 0 Å². The fourth-order valence-electron chi connectivity index (χ4n) is 2.62. The maximum Gasteiger partial charge on any atom is 0.271 e. The first-order valence-electron chi connectivity index (χ1n) is 9.22. The summed E-state index contributed by atoms with van der Waals surface area (Å²) >= 11 is 3.46. The molecule has 0 aromatic heterocycles. The molecule has 0 fully saturated rings. The molecule has 0 radical (unpaired) electrons.